The van der Waals surface area contributed by atoms with Crippen LogP contribution in [-0.2, 0) is 9.59 Å². The fourth-order valence-corrected chi connectivity index (χ4v) is 2.77. The van der Waals surface area contributed by atoms with Crippen molar-refractivity contribution in [1.29, 1.82) is 0 Å². The molecule has 1 aliphatic rings. The highest BCUT2D eigenvalue weighted by Gasteiger charge is 2.34. The van der Waals surface area contributed by atoms with Crippen LogP contribution < -0.4 is 15.5 Å². The molecule has 25 heavy (non-hydrogen) atoms. The van der Waals surface area contributed by atoms with Crippen molar-refractivity contribution in [2.24, 2.45) is 5.92 Å². The number of anilines is 2. The molecular weight excluding hydrogens is 318 g/mol. The highest BCUT2D eigenvalue weighted by molar-refractivity contribution is 6.00. The van der Waals surface area contributed by atoms with E-state index in [4.69, 9.17) is 0 Å². The summed E-state index contributed by atoms with van der Waals surface area (Å²) in [6.45, 7) is 3.43. The quantitative estimate of drug-likeness (QED) is 0.776. The highest BCUT2D eigenvalue weighted by atomic mass is 16.2. The van der Waals surface area contributed by atoms with Crippen molar-refractivity contribution in [2.45, 2.75) is 13.3 Å². The number of nitrogens with one attached hydrogen (secondary N) is 2. The van der Waals surface area contributed by atoms with Gasteiger partial charge in [-0.05, 0) is 19.1 Å². The van der Waals surface area contributed by atoms with Crippen molar-refractivity contribution in [1.82, 2.24) is 15.3 Å². The Morgan fingerprint density at radius 1 is 1.24 bits per heavy atom. The van der Waals surface area contributed by atoms with E-state index in [1.807, 2.05) is 31.2 Å². The van der Waals surface area contributed by atoms with Gasteiger partial charge in [0.1, 0.15) is 5.82 Å². The number of hydrogen-bond acceptors (Lipinski definition) is 5. The zero-order valence-corrected chi connectivity index (χ0v) is 14.1. The number of hydrogen-bond donors (Lipinski definition) is 2. The smallest absolute Gasteiger partial charge is 0.227 e. The van der Waals surface area contributed by atoms with Gasteiger partial charge in [-0.3, -0.25) is 14.6 Å². The molecule has 2 N–H and O–H groups in total. The Labute approximate surface area is 146 Å². The molecule has 1 aromatic carbocycles. The lowest BCUT2D eigenvalue weighted by molar-refractivity contribution is -0.126. The van der Waals surface area contributed by atoms with E-state index in [9.17, 15) is 9.59 Å². The van der Waals surface area contributed by atoms with Gasteiger partial charge in [-0.25, -0.2) is 4.98 Å². The van der Waals surface area contributed by atoms with Gasteiger partial charge in [0.15, 0.2) is 0 Å². The molecule has 3 rings (SSSR count). The van der Waals surface area contributed by atoms with Gasteiger partial charge in [0.2, 0.25) is 11.8 Å². The second kappa shape index (κ2) is 7.74. The first-order chi connectivity index (χ1) is 12.1. The van der Waals surface area contributed by atoms with Crippen molar-refractivity contribution in [2.75, 3.05) is 29.9 Å². The molecule has 0 aliphatic carbocycles. The first-order valence-corrected chi connectivity index (χ1v) is 8.28. The van der Waals surface area contributed by atoms with Crippen LogP contribution in [0, 0.1) is 12.8 Å². The number of aryl methyl sites for hydroxylation is 1. The lowest BCUT2D eigenvalue weighted by Gasteiger charge is -2.17. The van der Waals surface area contributed by atoms with Crippen molar-refractivity contribution >= 4 is 23.3 Å². The molecule has 7 heteroatoms. The second-order valence-corrected chi connectivity index (χ2v) is 6.05. The van der Waals surface area contributed by atoms with Crippen molar-refractivity contribution < 1.29 is 9.59 Å². The normalized spacial score (nSPS) is 16.8. The Hall–Kier alpha value is -2.96. The largest absolute Gasteiger partial charge is 0.367 e. The van der Waals surface area contributed by atoms with Crippen LogP contribution >= 0.6 is 0 Å². The van der Waals surface area contributed by atoms with E-state index in [0.717, 1.165) is 11.3 Å². The van der Waals surface area contributed by atoms with E-state index < -0.39 is 0 Å². The van der Waals surface area contributed by atoms with Crippen molar-refractivity contribution in [3.63, 3.8) is 0 Å². The topological polar surface area (TPSA) is 87.2 Å². The zero-order valence-electron chi connectivity index (χ0n) is 14.1. The van der Waals surface area contributed by atoms with Crippen LogP contribution in [0.15, 0.2) is 42.9 Å². The third-order valence-electron chi connectivity index (χ3n) is 4.13. The van der Waals surface area contributed by atoms with Gasteiger partial charge in [0, 0.05) is 44.1 Å². The lowest BCUT2D eigenvalue weighted by Crippen LogP contribution is -2.35. The van der Waals surface area contributed by atoms with Crippen LogP contribution in [0.1, 0.15) is 12.0 Å². The van der Waals surface area contributed by atoms with Gasteiger partial charge in [-0.1, -0.05) is 17.7 Å². The van der Waals surface area contributed by atoms with Gasteiger partial charge in [0.25, 0.3) is 0 Å². The number of carbonyl (C=O) groups is 2. The third-order valence-corrected chi connectivity index (χ3v) is 4.13. The zero-order chi connectivity index (χ0) is 17.6. The Morgan fingerprint density at radius 3 is 2.76 bits per heavy atom. The average Bonchev–Trinajstić information content (AvgIpc) is 3.02. The monoisotopic (exact) mass is 339 g/mol. The summed E-state index contributed by atoms with van der Waals surface area (Å²) in [5.74, 6) is 0.245. The fraction of sp³-hybridized carbons (Fsp3) is 0.333. The summed E-state index contributed by atoms with van der Waals surface area (Å²) in [4.78, 5) is 34.2. The van der Waals surface area contributed by atoms with Gasteiger partial charge in [-0.15, -0.1) is 0 Å². The average molecular weight is 339 g/mol. The Morgan fingerprint density at radius 2 is 2.04 bits per heavy atom. The molecule has 130 valence electrons. The molecule has 2 heterocycles. The maximum absolute atomic E-state index is 12.3. The van der Waals surface area contributed by atoms with E-state index in [2.05, 4.69) is 20.6 Å². The molecule has 1 atom stereocenters. The van der Waals surface area contributed by atoms with E-state index in [0.29, 0.717) is 25.5 Å². The van der Waals surface area contributed by atoms with Crippen LogP contribution in [-0.4, -0.2) is 41.4 Å². The SMILES string of the molecule is Cc1ccc(N2C[C@@H](C(=O)NCCNc3cnccn3)CC2=O)cc1. The Balaban J connectivity index is 1.46. The Bertz CT molecular complexity index is 733. The summed E-state index contributed by atoms with van der Waals surface area (Å²) in [6.07, 6.45) is 5.07. The van der Waals surface area contributed by atoms with Crippen molar-refractivity contribution in [3.8, 4) is 0 Å². The highest BCUT2D eigenvalue weighted by Crippen LogP contribution is 2.25. The van der Waals surface area contributed by atoms with Crippen LogP contribution in [0.4, 0.5) is 11.5 Å². The minimum absolute atomic E-state index is 0.0123. The summed E-state index contributed by atoms with van der Waals surface area (Å²) in [5.41, 5.74) is 1.98. The second-order valence-electron chi connectivity index (χ2n) is 6.05. The standard InChI is InChI=1S/C18H21N5O2/c1-13-2-4-15(5-3-13)23-12-14(10-17(23)24)18(25)22-9-8-21-16-11-19-6-7-20-16/h2-7,11,14H,8-10,12H2,1H3,(H,20,21)(H,22,25)/t14-/m0/s1. The summed E-state index contributed by atoms with van der Waals surface area (Å²) >= 11 is 0. The van der Waals surface area contributed by atoms with E-state index in [1.54, 1.807) is 23.5 Å². The van der Waals surface area contributed by atoms with Crippen LogP contribution in [0.5, 0.6) is 0 Å². The third kappa shape index (κ3) is 4.32. The molecule has 0 unspecified atom stereocenters. The summed E-state index contributed by atoms with van der Waals surface area (Å²) in [6, 6.07) is 7.76. The van der Waals surface area contributed by atoms with E-state index in [1.165, 1.54) is 0 Å². The molecule has 1 saturated heterocycles. The van der Waals surface area contributed by atoms with Crippen molar-refractivity contribution in [3.05, 3.63) is 48.4 Å². The molecule has 0 saturated carbocycles. The summed E-state index contributed by atoms with van der Waals surface area (Å²) in [7, 11) is 0. The number of nitrogens with zero attached hydrogens (tertiary/aromatic N) is 3. The minimum atomic E-state index is -0.315. The summed E-state index contributed by atoms with van der Waals surface area (Å²) in [5, 5.41) is 5.94. The number of rotatable bonds is 6. The number of benzene rings is 1. The first kappa shape index (κ1) is 16.9. The van der Waals surface area contributed by atoms with Crippen LogP contribution in [0.2, 0.25) is 0 Å². The molecule has 0 spiro atoms. The Kier molecular flexibility index (Phi) is 5.23. The predicted octanol–water partition coefficient (Wildman–Crippen LogP) is 1.37. The first-order valence-electron chi connectivity index (χ1n) is 8.28. The van der Waals surface area contributed by atoms with Gasteiger partial charge in [-0.2, -0.15) is 0 Å². The molecule has 2 aromatic rings. The molecule has 1 aromatic heterocycles. The molecule has 0 radical (unpaired) electrons. The fourth-order valence-electron chi connectivity index (χ4n) is 2.77. The maximum Gasteiger partial charge on any atom is 0.227 e. The molecule has 7 nitrogen and oxygen atoms in total. The van der Waals surface area contributed by atoms with Gasteiger partial charge < -0.3 is 15.5 Å². The molecule has 2 amide bonds. The van der Waals surface area contributed by atoms with E-state index >= 15 is 0 Å². The van der Waals surface area contributed by atoms with Gasteiger partial charge in [0.05, 0.1) is 12.1 Å². The molecule has 1 fully saturated rings. The molecular formula is C18H21N5O2. The number of amides is 2. The summed E-state index contributed by atoms with van der Waals surface area (Å²) < 4.78 is 0. The van der Waals surface area contributed by atoms with E-state index in [-0.39, 0.29) is 24.2 Å². The van der Waals surface area contributed by atoms with Gasteiger partial charge >= 0.3 is 0 Å². The van der Waals surface area contributed by atoms with Crippen LogP contribution in [0.3, 0.4) is 0 Å². The minimum Gasteiger partial charge on any atom is -0.367 e. The molecule has 1 aliphatic heterocycles. The van der Waals surface area contributed by atoms with Crippen LogP contribution in [0.25, 0.3) is 0 Å². The number of carbonyl (C=O) groups excluding carboxylic acids is 2. The number of aromatic nitrogens is 2. The maximum atomic E-state index is 12.3. The molecule has 0 bridgehead atoms. The lowest BCUT2D eigenvalue weighted by atomic mass is 10.1. The predicted molar refractivity (Wildman–Crippen MR) is 95.2 cm³/mol.